The summed E-state index contributed by atoms with van der Waals surface area (Å²) in [7, 11) is -3.16. The Morgan fingerprint density at radius 1 is 0.917 bits per heavy atom. The number of carbonyl (C=O) groups is 5. The van der Waals surface area contributed by atoms with Gasteiger partial charge in [0.05, 0.1) is 5.69 Å². The van der Waals surface area contributed by atoms with Crippen molar-refractivity contribution in [3.63, 3.8) is 0 Å². The van der Waals surface area contributed by atoms with E-state index in [-0.39, 0.29) is 82.6 Å². The summed E-state index contributed by atoms with van der Waals surface area (Å²) in [5, 5.41) is 55.5. The van der Waals surface area contributed by atoms with Gasteiger partial charge in [-0.2, -0.15) is 8.42 Å². The third-order valence-electron chi connectivity index (χ3n) is 11.6. The number of nitrogens with one attached hydrogen (secondary N) is 4. The van der Waals surface area contributed by atoms with E-state index in [1.54, 1.807) is 0 Å². The molecular weight excluding hydrogens is 959 g/mol. The molecule has 1 aliphatic heterocycles. The molecule has 0 radical (unpaired) electrons. The minimum atomic E-state index is -4.33. The number of amides is 4. The van der Waals surface area contributed by atoms with E-state index in [0.29, 0.717) is 11.1 Å². The lowest BCUT2D eigenvalue weighted by Crippen LogP contribution is -2.55. The summed E-state index contributed by atoms with van der Waals surface area (Å²) < 4.78 is 37.9. The third-order valence-corrected chi connectivity index (χ3v) is 12.2. The number of ether oxygens (including phenoxy) is 2. The van der Waals surface area contributed by atoms with E-state index in [1.807, 2.05) is 24.3 Å². The lowest BCUT2D eigenvalue weighted by molar-refractivity contribution is -0.143. The number of benzene rings is 3. The van der Waals surface area contributed by atoms with Crippen molar-refractivity contribution in [1.82, 2.24) is 35.5 Å². The number of likely N-dealkylation sites (N-methyl/N-ethyl adjacent to an activating group) is 1. The van der Waals surface area contributed by atoms with Crippen molar-refractivity contribution in [1.29, 1.82) is 0 Å². The number of carboxylic acids is 1. The highest BCUT2D eigenvalue weighted by Gasteiger charge is 2.37. The Morgan fingerprint density at radius 3 is 2.11 bits per heavy atom. The van der Waals surface area contributed by atoms with Gasteiger partial charge in [0.2, 0.25) is 17.7 Å². The predicted molar refractivity (Wildman–Crippen MR) is 263 cm³/mol. The smallest absolute Gasteiger partial charge is 0.326 e. The number of carboxylic acid groups (broad SMARTS) is 1. The number of aliphatic carboxylic acids is 1. The van der Waals surface area contributed by atoms with Gasteiger partial charge in [-0.15, -0.1) is 0 Å². The van der Waals surface area contributed by atoms with E-state index in [0.717, 1.165) is 10.5 Å². The first-order chi connectivity index (χ1) is 33.7. The van der Waals surface area contributed by atoms with Crippen LogP contribution in [0.5, 0.6) is 17.2 Å². The average Bonchev–Trinajstić information content (AvgIpc) is 3.31. The van der Waals surface area contributed by atoms with Crippen LogP contribution < -0.4 is 52.5 Å². The molecule has 0 fully saturated rings. The number of aliphatic hydroxyl groups is 2. The van der Waals surface area contributed by atoms with Gasteiger partial charge in [0.1, 0.15) is 66.7 Å². The van der Waals surface area contributed by atoms with Crippen LogP contribution >= 0.6 is 0 Å². The van der Waals surface area contributed by atoms with Crippen LogP contribution in [0.1, 0.15) is 72.9 Å². The zero-order valence-corrected chi connectivity index (χ0v) is 41.4. The molecule has 2 heterocycles. The van der Waals surface area contributed by atoms with Gasteiger partial charge in [-0.05, 0) is 66.6 Å². The molecule has 16 N–H and O–H groups in total. The quantitative estimate of drug-likeness (QED) is 0.0581. The highest BCUT2D eigenvalue weighted by Crippen LogP contribution is 2.45. The number of carbonyl (C=O) groups excluding carboxylic acids is 4. The number of nitrogen functional groups attached to an aromatic ring is 1. The summed E-state index contributed by atoms with van der Waals surface area (Å²) in [6, 6.07) is 7.83. The Labute approximate surface area is 416 Å². The van der Waals surface area contributed by atoms with Crippen LogP contribution in [0.25, 0.3) is 22.5 Å². The van der Waals surface area contributed by atoms with Gasteiger partial charge in [0.25, 0.3) is 16.1 Å². The molecule has 72 heavy (non-hydrogen) atoms. The fraction of sp³-hybridized carbons (Fsp3) is 0.426. The zero-order chi connectivity index (χ0) is 53.4. The third kappa shape index (κ3) is 14.1. The first-order valence-corrected chi connectivity index (χ1v) is 24.2. The highest BCUT2D eigenvalue weighted by molar-refractivity contribution is 7.87. The first kappa shape index (κ1) is 55.9. The van der Waals surface area contributed by atoms with Crippen LogP contribution in [0.4, 0.5) is 5.82 Å². The number of aliphatic hydroxyl groups excluding tert-OH is 2. The topological polar surface area (TPSA) is 400 Å². The van der Waals surface area contributed by atoms with Gasteiger partial charge in [-0.1, -0.05) is 51.1 Å². The van der Waals surface area contributed by atoms with E-state index < -0.39 is 102 Å². The van der Waals surface area contributed by atoms with Crippen molar-refractivity contribution >= 4 is 45.6 Å². The average molecular weight is 1020 g/mol. The number of hydrogen-bond donors (Lipinski definition) is 12. The molecule has 390 valence electrons. The maximum Gasteiger partial charge on any atom is 0.326 e. The van der Waals surface area contributed by atoms with Gasteiger partial charge in [-0.3, -0.25) is 19.2 Å². The van der Waals surface area contributed by atoms with Crippen LogP contribution in [-0.2, 0) is 41.2 Å². The molecule has 0 spiro atoms. The number of rotatable bonds is 18. The van der Waals surface area contributed by atoms with Gasteiger partial charge in [0.15, 0.2) is 17.3 Å². The standard InChI is InChI=1S/C47H63N11O13S/c1-23-37(40(50)57-41(53-23)26-8-10-28(11-9-26)47(3,4)5)43(63)55-33(13-14-52-72(51,68)69)45(65)58(6)38-27-17-32(39(61)36(18-27)71-22-30(60)20-49)31-15-25(7-12-35(31)70-21-29(59)19-48)16-34(46(66)67)56-42(62)24(2)54-44(38)64/h7-12,15,17-18,24,29-30,33-34,38,52,59-61H,13-14,16,19-22,48-49H2,1-6H3,(H,54,64)(H,55,63)(H,56,62)(H,66,67)(H2,50,53,57)(H2,51,68,69)/t24-,29+,30+,33-,34-,38?/m0/s1. The minimum absolute atomic E-state index is 0.0175. The van der Waals surface area contributed by atoms with Crippen molar-refractivity contribution in [3.05, 3.63) is 82.5 Å². The molecule has 4 aromatic rings. The second-order valence-corrected chi connectivity index (χ2v) is 19.7. The molecule has 24 nitrogen and oxygen atoms in total. The van der Waals surface area contributed by atoms with E-state index in [2.05, 4.69) is 51.4 Å². The van der Waals surface area contributed by atoms with Crippen molar-refractivity contribution in [2.24, 2.45) is 16.6 Å². The van der Waals surface area contributed by atoms with Crippen molar-refractivity contribution in [2.45, 2.75) is 89.3 Å². The Morgan fingerprint density at radius 2 is 1.54 bits per heavy atom. The number of fused-ring (bicyclic) bond motifs is 5. The molecule has 4 amide bonds. The maximum absolute atomic E-state index is 15.0. The number of phenols is 1. The zero-order valence-electron chi connectivity index (χ0n) is 40.6. The molecule has 0 saturated carbocycles. The summed E-state index contributed by atoms with van der Waals surface area (Å²) in [6.45, 7) is 7.16. The van der Waals surface area contributed by atoms with Crippen molar-refractivity contribution < 1.29 is 62.3 Å². The normalized spacial score (nSPS) is 17.6. The molecule has 1 aromatic heterocycles. The van der Waals surface area contributed by atoms with E-state index in [4.69, 9.17) is 31.8 Å². The summed E-state index contributed by atoms with van der Waals surface area (Å²) in [5.41, 5.74) is 19.2. The van der Waals surface area contributed by atoms with E-state index >= 15 is 0 Å². The monoisotopic (exact) mass is 1020 g/mol. The van der Waals surface area contributed by atoms with Gasteiger partial charge in [-0.25, -0.2) is 24.6 Å². The van der Waals surface area contributed by atoms with E-state index in [1.165, 1.54) is 51.2 Å². The molecule has 4 bridgehead atoms. The minimum Gasteiger partial charge on any atom is -0.504 e. The summed E-state index contributed by atoms with van der Waals surface area (Å²) >= 11 is 0. The van der Waals surface area contributed by atoms with E-state index in [9.17, 15) is 52.8 Å². The number of nitrogens with two attached hydrogens (primary N) is 4. The Hall–Kier alpha value is -7.00. The number of phenolic OH excluding ortho intramolecular Hbond substituents is 1. The number of aromatic hydroxyl groups is 1. The molecular formula is C47H63N11O13S. The highest BCUT2D eigenvalue weighted by atomic mass is 32.2. The van der Waals surface area contributed by atoms with Crippen LogP contribution in [-0.4, -0.2) is 144 Å². The molecule has 1 aliphatic rings. The van der Waals surface area contributed by atoms with Crippen LogP contribution in [0, 0.1) is 6.92 Å². The second kappa shape index (κ2) is 23.5. The number of aryl methyl sites for hydroxylation is 1. The maximum atomic E-state index is 15.0. The van der Waals surface area contributed by atoms with Crippen LogP contribution in [0.2, 0.25) is 0 Å². The summed E-state index contributed by atoms with van der Waals surface area (Å²) in [5.74, 6) is -6.34. The summed E-state index contributed by atoms with van der Waals surface area (Å²) in [4.78, 5) is 79.8. The molecule has 0 aliphatic carbocycles. The van der Waals surface area contributed by atoms with Gasteiger partial charge >= 0.3 is 5.97 Å². The number of nitrogens with zero attached hydrogens (tertiary/aromatic N) is 3. The van der Waals surface area contributed by atoms with Crippen LogP contribution in [0.3, 0.4) is 0 Å². The predicted octanol–water partition coefficient (Wildman–Crippen LogP) is -0.787. The Kier molecular flexibility index (Phi) is 18.2. The fourth-order valence-electron chi connectivity index (χ4n) is 7.62. The number of anilines is 1. The molecule has 6 atom stereocenters. The molecule has 0 saturated heterocycles. The van der Waals surface area contributed by atoms with Crippen LogP contribution in [0.15, 0.2) is 54.6 Å². The Balaban J connectivity index is 1.67. The SMILES string of the molecule is Cc1nc(-c2ccc(C(C)(C)C)cc2)nc(N)c1C(=O)N[C@@H](CCNS(N)(=O)=O)C(=O)N(C)C1C(=O)N[C@@H](C)C(=O)N[C@H](C(=O)O)Cc2ccc(OC[C@H](O)CN)c(c2)-c2cc1cc(OC[C@H](O)CN)c2O. The molecule has 25 heteroatoms. The molecule has 5 rings (SSSR count). The van der Waals surface area contributed by atoms with Gasteiger partial charge < -0.3 is 68.0 Å². The Bertz CT molecular complexity index is 2750. The van der Waals surface area contributed by atoms with Gasteiger partial charge in [0, 0.05) is 49.8 Å². The lowest BCUT2D eigenvalue weighted by Gasteiger charge is -2.33. The van der Waals surface area contributed by atoms with Crippen molar-refractivity contribution in [3.8, 4) is 39.8 Å². The summed E-state index contributed by atoms with van der Waals surface area (Å²) in [6.07, 6.45) is -3.17. The fourth-order valence-corrected chi connectivity index (χ4v) is 8.02. The van der Waals surface area contributed by atoms with Crippen molar-refractivity contribution in [2.75, 3.05) is 45.6 Å². The second-order valence-electron chi connectivity index (χ2n) is 18.3. The number of aromatic nitrogens is 2. The largest absolute Gasteiger partial charge is 0.504 e. The molecule has 1 unspecified atom stereocenters. The molecule has 3 aromatic carbocycles. The lowest BCUT2D eigenvalue weighted by atomic mass is 9.86. The first-order valence-electron chi connectivity index (χ1n) is 22.7. The number of hydrogen-bond acceptors (Lipinski definition) is 17.